The molecule has 3 heterocycles. The van der Waals surface area contributed by atoms with Gasteiger partial charge in [-0.05, 0) is 17.5 Å². The summed E-state index contributed by atoms with van der Waals surface area (Å²) in [6, 6.07) is 5.73. The SMILES string of the molecule is COC(=O)c1cc2c(s1)SCC(=O)N2Cc1cccs1. The second-order valence-corrected chi connectivity index (χ2v) is 7.45. The Morgan fingerprint density at radius 1 is 1.50 bits per heavy atom. The Bertz CT molecular complexity index is 648. The van der Waals surface area contributed by atoms with Crippen LogP contribution in [0.2, 0.25) is 0 Å². The van der Waals surface area contributed by atoms with Crippen molar-refractivity contribution in [2.75, 3.05) is 17.8 Å². The number of amides is 1. The number of ether oxygens (including phenoxy) is 1. The van der Waals surface area contributed by atoms with Crippen LogP contribution in [-0.2, 0) is 16.1 Å². The summed E-state index contributed by atoms with van der Waals surface area (Å²) in [7, 11) is 1.36. The fourth-order valence-electron chi connectivity index (χ4n) is 1.93. The van der Waals surface area contributed by atoms with Gasteiger partial charge in [-0.3, -0.25) is 4.79 Å². The number of nitrogens with zero attached hydrogens (tertiary/aromatic N) is 1. The van der Waals surface area contributed by atoms with Crippen LogP contribution < -0.4 is 4.90 Å². The Labute approximate surface area is 128 Å². The number of thioether (sulfide) groups is 1. The minimum absolute atomic E-state index is 0.0742. The largest absolute Gasteiger partial charge is 0.465 e. The minimum Gasteiger partial charge on any atom is -0.465 e. The molecule has 1 aliphatic rings. The molecule has 20 heavy (non-hydrogen) atoms. The first kappa shape index (κ1) is 13.7. The molecule has 2 aromatic rings. The number of esters is 1. The lowest BCUT2D eigenvalue weighted by Gasteiger charge is -2.25. The van der Waals surface area contributed by atoms with Crippen molar-refractivity contribution < 1.29 is 14.3 Å². The lowest BCUT2D eigenvalue weighted by molar-refractivity contribution is -0.116. The normalized spacial score (nSPS) is 14.2. The van der Waals surface area contributed by atoms with Gasteiger partial charge in [-0.15, -0.1) is 34.4 Å². The van der Waals surface area contributed by atoms with E-state index in [1.54, 1.807) is 22.3 Å². The Balaban J connectivity index is 1.94. The van der Waals surface area contributed by atoms with E-state index in [0.29, 0.717) is 17.2 Å². The van der Waals surface area contributed by atoms with E-state index >= 15 is 0 Å². The summed E-state index contributed by atoms with van der Waals surface area (Å²) in [5.41, 5.74) is 0.824. The van der Waals surface area contributed by atoms with Crippen molar-refractivity contribution >= 4 is 52.0 Å². The van der Waals surface area contributed by atoms with Crippen LogP contribution in [-0.4, -0.2) is 24.7 Å². The number of carbonyl (C=O) groups is 2. The van der Waals surface area contributed by atoms with Crippen molar-refractivity contribution in [3.8, 4) is 0 Å². The molecule has 1 aliphatic heterocycles. The highest BCUT2D eigenvalue weighted by Gasteiger charge is 2.29. The third-order valence-corrected chi connectivity index (χ3v) is 6.11. The number of carbonyl (C=O) groups excluding carboxylic acids is 2. The Morgan fingerprint density at radius 2 is 2.35 bits per heavy atom. The second kappa shape index (κ2) is 5.59. The van der Waals surface area contributed by atoms with Gasteiger partial charge in [0, 0.05) is 4.88 Å². The average molecular weight is 325 g/mol. The zero-order valence-electron chi connectivity index (χ0n) is 10.6. The fraction of sp³-hybridized carbons (Fsp3) is 0.231. The minimum atomic E-state index is -0.353. The van der Waals surface area contributed by atoms with Gasteiger partial charge in [0.2, 0.25) is 5.91 Å². The van der Waals surface area contributed by atoms with Crippen LogP contribution in [0.25, 0.3) is 0 Å². The van der Waals surface area contributed by atoms with Gasteiger partial charge >= 0.3 is 5.97 Å². The summed E-state index contributed by atoms with van der Waals surface area (Å²) >= 11 is 4.49. The highest BCUT2D eigenvalue weighted by molar-refractivity contribution is 8.02. The maximum atomic E-state index is 12.1. The van der Waals surface area contributed by atoms with Gasteiger partial charge in [-0.1, -0.05) is 6.07 Å². The third kappa shape index (κ3) is 2.48. The molecule has 3 rings (SSSR count). The first-order chi connectivity index (χ1) is 9.69. The average Bonchev–Trinajstić information content (AvgIpc) is 3.10. The molecule has 0 bridgehead atoms. The Kier molecular flexibility index (Phi) is 3.82. The number of anilines is 1. The van der Waals surface area contributed by atoms with Crippen LogP contribution in [0.1, 0.15) is 14.5 Å². The summed E-state index contributed by atoms with van der Waals surface area (Å²) < 4.78 is 5.74. The molecule has 0 N–H and O–H groups in total. The standard InChI is InChI=1S/C13H11NO3S3/c1-17-12(16)10-5-9-13(20-10)19-7-11(15)14(9)6-8-3-2-4-18-8/h2-5H,6-7H2,1H3. The molecular weight excluding hydrogens is 314 g/mol. The van der Waals surface area contributed by atoms with Crippen molar-refractivity contribution in [1.82, 2.24) is 0 Å². The molecule has 0 atom stereocenters. The molecule has 0 aliphatic carbocycles. The molecule has 0 saturated carbocycles. The van der Waals surface area contributed by atoms with Gasteiger partial charge in [0.25, 0.3) is 0 Å². The smallest absolute Gasteiger partial charge is 0.348 e. The van der Waals surface area contributed by atoms with E-state index in [1.807, 2.05) is 17.5 Å². The zero-order chi connectivity index (χ0) is 14.1. The van der Waals surface area contributed by atoms with Crippen LogP contribution >= 0.6 is 34.4 Å². The third-order valence-electron chi connectivity index (χ3n) is 2.88. The summed E-state index contributed by atoms with van der Waals surface area (Å²) in [5.74, 6) is 0.137. The highest BCUT2D eigenvalue weighted by atomic mass is 32.2. The molecule has 0 aromatic carbocycles. The first-order valence-corrected chi connectivity index (χ1v) is 8.55. The van der Waals surface area contributed by atoms with Crippen LogP contribution in [0.3, 0.4) is 0 Å². The topological polar surface area (TPSA) is 46.6 Å². The predicted molar refractivity (Wildman–Crippen MR) is 81.9 cm³/mol. The maximum Gasteiger partial charge on any atom is 0.348 e. The molecule has 104 valence electrons. The monoisotopic (exact) mass is 325 g/mol. The number of hydrogen-bond donors (Lipinski definition) is 0. The van der Waals surface area contributed by atoms with E-state index in [9.17, 15) is 9.59 Å². The molecule has 0 fully saturated rings. The number of hydrogen-bond acceptors (Lipinski definition) is 6. The van der Waals surface area contributed by atoms with Crippen molar-refractivity contribution in [2.24, 2.45) is 0 Å². The van der Waals surface area contributed by atoms with E-state index in [0.717, 1.165) is 14.8 Å². The number of methoxy groups -OCH3 is 1. The van der Waals surface area contributed by atoms with E-state index in [-0.39, 0.29) is 11.9 Å². The van der Waals surface area contributed by atoms with Crippen LogP contribution in [0.5, 0.6) is 0 Å². The molecule has 7 heteroatoms. The molecule has 0 saturated heterocycles. The quantitative estimate of drug-likeness (QED) is 0.813. The Morgan fingerprint density at radius 3 is 3.05 bits per heavy atom. The van der Waals surface area contributed by atoms with Gasteiger partial charge in [0.05, 0.1) is 29.3 Å². The van der Waals surface area contributed by atoms with Crippen LogP contribution in [0.15, 0.2) is 27.8 Å². The highest BCUT2D eigenvalue weighted by Crippen LogP contribution is 2.43. The summed E-state index contributed by atoms with van der Waals surface area (Å²) in [6.45, 7) is 0.557. The number of fused-ring (bicyclic) bond motifs is 1. The lowest BCUT2D eigenvalue weighted by atomic mass is 10.3. The van der Waals surface area contributed by atoms with Crippen molar-refractivity contribution in [1.29, 1.82) is 0 Å². The second-order valence-electron chi connectivity index (χ2n) is 4.12. The first-order valence-electron chi connectivity index (χ1n) is 5.86. The number of thiophene rings is 2. The van der Waals surface area contributed by atoms with Gasteiger partial charge in [0.15, 0.2) is 0 Å². The van der Waals surface area contributed by atoms with E-state index in [4.69, 9.17) is 4.74 Å². The fourth-order valence-corrected chi connectivity index (χ4v) is 4.84. The van der Waals surface area contributed by atoms with Crippen molar-refractivity contribution in [3.63, 3.8) is 0 Å². The predicted octanol–water partition coefficient (Wildman–Crippen LogP) is 3.24. The molecule has 0 unspecified atom stereocenters. The van der Waals surface area contributed by atoms with Gasteiger partial charge in [0.1, 0.15) is 4.88 Å². The summed E-state index contributed by atoms with van der Waals surface area (Å²) in [5, 5.41) is 1.99. The van der Waals surface area contributed by atoms with E-state index < -0.39 is 0 Å². The zero-order valence-corrected chi connectivity index (χ0v) is 13.1. The van der Waals surface area contributed by atoms with E-state index in [2.05, 4.69) is 0 Å². The van der Waals surface area contributed by atoms with Crippen molar-refractivity contribution in [3.05, 3.63) is 33.3 Å². The van der Waals surface area contributed by atoms with Gasteiger partial charge in [-0.25, -0.2) is 4.79 Å². The van der Waals surface area contributed by atoms with Crippen LogP contribution in [0, 0.1) is 0 Å². The Hall–Kier alpha value is -1.31. The summed E-state index contributed by atoms with van der Waals surface area (Å²) in [4.78, 5) is 27.2. The van der Waals surface area contributed by atoms with E-state index in [1.165, 1.54) is 30.2 Å². The molecular formula is C13H11NO3S3. The maximum absolute atomic E-state index is 12.1. The van der Waals surface area contributed by atoms with Crippen molar-refractivity contribution in [2.45, 2.75) is 10.8 Å². The van der Waals surface area contributed by atoms with Gasteiger partial charge in [-0.2, -0.15) is 0 Å². The molecule has 0 spiro atoms. The van der Waals surface area contributed by atoms with Crippen LogP contribution in [0.4, 0.5) is 5.69 Å². The molecule has 4 nitrogen and oxygen atoms in total. The molecule has 0 radical (unpaired) electrons. The molecule has 2 aromatic heterocycles. The lowest BCUT2D eigenvalue weighted by Crippen LogP contribution is -2.33. The number of rotatable bonds is 3. The molecule has 1 amide bonds. The summed E-state index contributed by atoms with van der Waals surface area (Å²) in [6.07, 6.45) is 0. The van der Waals surface area contributed by atoms with Gasteiger partial charge < -0.3 is 9.64 Å².